The van der Waals surface area contributed by atoms with Gasteiger partial charge >= 0.3 is 6.18 Å². The molecular weight excluding hydrogens is 186 g/mol. The van der Waals surface area contributed by atoms with Gasteiger partial charge < -0.3 is 5.41 Å². The van der Waals surface area contributed by atoms with E-state index in [0.717, 1.165) is 12.3 Å². The molecule has 13 heavy (non-hydrogen) atoms. The van der Waals surface area contributed by atoms with E-state index >= 15 is 0 Å². The van der Waals surface area contributed by atoms with Gasteiger partial charge in [0.1, 0.15) is 5.82 Å². The average molecular weight is 191 g/mol. The van der Waals surface area contributed by atoms with Crippen molar-refractivity contribution in [2.45, 2.75) is 6.18 Å². The van der Waals surface area contributed by atoms with Gasteiger partial charge in [0, 0.05) is 6.21 Å². The standard InChI is InChI=1S/C8H5F4N/c9-7-3-5(4-13)1-2-6(7)8(10,11)12/h1-4,13H. The Kier molecular flexibility index (Phi) is 2.36. The van der Waals surface area contributed by atoms with Crippen LogP contribution in [-0.2, 0) is 6.18 Å². The Bertz CT molecular complexity index is 329. The fourth-order valence-electron chi connectivity index (χ4n) is 0.851. The SMILES string of the molecule is N=Cc1ccc(C(F)(F)F)c(F)c1. The molecule has 0 aliphatic carbocycles. The van der Waals surface area contributed by atoms with Gasteiger partial charge in [-0.25, -0.2) is 4.39 Å². The summed E-state index contributed by atoms with van der Waals surface area (Å²) in [5.41, 5.74) is -1.20. The lowest BCUT2D eigenvalue weighted by atomic mass is 10.1. The summed E-state index contributed by atoms with van der Waals surface area (Å²) in [5, 5.41) is 6.69. The van der Waals surface area contributed by atoms with Crippen LogP contribution in [0.25, 0.3) is 0 Å². The summed E-state index contributed by atoms with van der Waals surface area (Å²) in [5.74, 6) is -1.35. The highest BCUT2D eigenvalue weighted by atomic mass is 19.4. The second-order valence-corrected chi connectivity index (χ2v) is 2.38. The first-order chi connectivity index (χ1) is 5.95. The molecule has 1 nitrogen and oxygen atoms in total. The van der Waals surface area contributed by atoms with Gasteiger partial charge in [0.25, 0.3) is 0 Å². The molecule has 0 unspecified atom stereocenters. The molecule has 0 amide bonds. The van der Waals surface area contributed by atoms with E-state index in [2.05, 4.69) is 0 Å². The molecule has 0 saturated carbocycles. The van der Waals surface area contributed by atoms with Crippen LogP contribution in [-0.4, -0.2) is 6.21 Å². The summed E-state index contributed by atoms with van der Waals surface area (Å²) >= 11 is 0. The molecule has 0 bridgehead atoms. The third-order valence-corrected chi connectivity index (χ3v) is 1.47. The van der Waals surface area contributed by atoms with Crippen LogP contribution in [0.15, 0.2) is 18.2 Å². The smallest absolute Gasteiger partial charge is 0.308 e. The minimum atomic E-state index is -4.68. The zero-order valence-corrected chi connectivity index (χ0v) is 6.32. The van der Waals surface area contributed by atoms with Crippen LogP contribution in [0.1, 0.15) is 11.1 Å². The second kappa shape index (κ2) is 3.16. The normalized spacial score (nSPS) is 11.4. The molecule has 1 aromatic carbocycles. The van der Waals surface area contributed by atoms with Crippen molar-refractivity contribution < 1.29 is 17.6 Å². The van der Waals surface area contributed by atoms with Crippen molar-refractivity contribution in [1.82, 2.24) is 0 Å². The number of nitrogens with one attached hydrogen (secondary N) is 1. The van der Waals surface area contributed by atoms with Crippen LogP contribution >= 0.6 is 0 Å². The summed E-state index contributed by atoms with van der Waals surface area (Å²) in [6, 6.07) is 2.34. The summed E-state index contributed by atoms with van der Waals surface area (Å²) in [4.78, 5) is 0. The van der Waals surface area contributed by atoms with Crippen LogP contribution < -0.4 is 0 Å². The maximum atomic E-state index is 12.7. The van der Waals surface area contributed by atoms with Gasteiger partial charge in [-0.2, -0.15) is 13.2 Å². The number of rotatable bonds is 1. The van der Waals surface area contributed by atoms with Gasteiger partial charge in [-0.15, -0.1) is 0 Å². The highest BCUT2D eigenvalue weighted by molar-refractivity contribution is 5.76. The molecule has 0 aliphatic heterocycles. The average Bonchev–Trinajstić information content (AvgIpc) is 2.01. The lowest BCUT2D eigenvalue weighted by molar-refractivity contribution is -0.140. The molecular formula is C8H5F4N. The monoisotopic (exact) mass is 191 g/mol. The molecule has 0 radical (unpaired) electrons. The largest absolute Gasteiger partial charge is 0.419 e. The first-order valence-electron chi connectivity index (χ1n) is 3.32. The molecule has 0 fully saturated rings. The predicted molar refractivity (Wildman–Crippen MR) is 39.3 cm³/mol. The van der Waals surface area contributed by atoms with Crippen molar-refractivity contribution in [1.29, 1.82) is 5.41 Å². The quantitative estimate of drug-likeness (QED) is 0.521. The van der Waals surface area contributed by atoms with Crippen molar-refractivity contribution in [2.75, 3.05) is 0 Å². The van der Waals surface area contributed by atoms with E-state index in [0.29, 0.717) is 12.1 Å². The van der Waals surface area contributed by atoms with Crippen LogP contribution in [0.4, 0.5) is 17.6 Å². The van der Waals surface area contributed by atoms with E-state index in [1.54, 1.807) is 0 Å². The number of hydrogen-bond donors (Lipinski definition) is 1. The molecule has 0 aliphatic rings. The first-order valence-corrected chi connectivity index (χ1v) is 3.32. The molecule has 0 heterocycles. The topological polar surface area (TPSA) is 23.9 Å². The number of hydrogen-bond acceptors (Lipinski definition) is 1. The van der Waals surface area contributed by atoms with E-state index in [1.165, 1.54) is 0 Å². The van der Waals surface area contributed by atoms with Crippen molar-refractivity contribution >= 4 is 6.21 Å². The Morgan fingerprint density at radius 2 is 1.85 bits per heavy atom. The highest BCUT2D eigenvalue weighted by Crippen LogP contribution is 2.31. The van der Waals surface area contributed by atoms with Gasteiger partial charge in [0.2, 0.25) is 0 Å². The maximum Gasteiger partial charge on any atom is 0.419 e. The van der Waals surface area contributed by atoms with Crippen LogP contribution in [0.3, 0.4) is 0 Å². The summed E-state index contributed by atoms with van der Waals surface area (Å²) in [7, 11) is 0. The fourth-order valence-corrected chi connectivity index (χ4v) is 0.851. The van der Waals surface area contributed by atoms with Crippen molar-refractivity contribution in [2.24, 2.45) is 0 Å². The molecule has 0 aromatic heterocycles. The van der Waals surface area contributed by atoms with Crippen molar-refractivity contribution in [3.8, 4) is 0 Å². The minimum absolute atomic E-state index is 0.102. The van der Waals surface area contributed by atoms with Crippen LogP contribution in [0.5, 0.6) is 0 Å². The van der Waals surface area contributed by atoms with Crippen molar-refractivity contribution in [3.63, 3.8) is 0 Å². The number of alkyl halides is 3. The summed E-state index contributed by atoms with van der Waals surface area (Å²) < 4.78 is 48.7. The predicted octanol–water partition coefficient (Wildman–Crippen LogP) is 2.84. The minimum Gasteiger partial charge on any atom is -0.308 e. The molecule has 0 spiro atoms. The van der Waals surface area contributed by atoms with Gasteiger partial charge in [0.05, 0.1) is 5.56 Å². The van der Waals surface area contributed by atoms with Gasteiger partial charge in [0.15, 0.2) is 0 Å². The van der Waals surface area contributed by atoms with Crippen molar-refractivity contribution in [3.05, 3.63) is 35.1 Å². The third kappa shape index (κ3) is 2.05. The molecule has 5 heteroatoms. The van der Waals surface area contributed by atoms with E-state index in [1.807, 2.05) is 0 Å². The molecule has 0 saturated heterocycles. The van der Waals surface area contributed by atoms with Gasteiger partial charge in [-0.1, -0.05) is 6.07 Å². The molecule has 1 rings (SSSR count). The molecule has 70 valence electrons. The first kappa shape index (κ1) is 9.70. The zero-order valence-electron chi connectivity index (χ0n) is 6.32. The Morgan fingerprint density at radius 1 is 1.23 bits per heavy atom. The third-order valence-electron chi connectivity index (χ3n) is 1.47. The number of halogens is 4. The van der Waals surface area contributed by atoms with E-state index < -0.39 is 17.6 Å². The Morgan fingerprint density at radius 3 is 2.23 bits per heavy atom. The van der Waals surface area contributed by atoms with Crippen LogP contribution in [0.2, 0.25) is 0 Å². The van der Waals surface area contributed by atoms with E-state index in [9.17, 15) is 17.6 Å². The Hall–Kier alpha value is -1.39. The summed E-state index contributed by atoms with van der Waals surface area (Å²) in [6.07, 6.45) is -3.89. The zero-order chi connectivity index (χ0) is 10.1. The maximum absolute atomic E-state index is 12.7. The van der Waals surface area contributed by atoms with E-state index in [-0.39, 0.29) is 5.56 Å². The Labute approximate surface area is 71.5 Å². The molecule has 0 atom stereocenters. The lowest BCUT2D eigenvalue weighted by Gasteiger charge is -2.07. The Balaban J connectivity index is 3.20. The van der Waals surface area contributed by atoms with Crippen LogP contribution in [0, 0.1) is 11.2 Å². The fraction of sp³-hybridized carbons (Fsp3) is 0.125. The molecule has 1 N–H and O–H groups in total. The lowest BCUT2D eigenvalue weighted by Crippen LogP contribution is -2.08. The van der Waals surface area contributed by atoms with Gasteiger partial charge in [-0.3, -0.25) is 0 Å². The summed E-state index contributed by atoms with van der Waals surface area (Å²) in [6.45, 7) is 0. The molecule has 1 aromatic rings. The second-order valence-electron chi connectivity index (χ2n) is 2.38. The number of benzene rings is 1. The highest BCUT2D eigenvalue weighted by Gasteiger charge is 2.33. The van der Waals surface area contributed by atoms with Gasteiger partial charge in [-0.05, 0) is 17.7 Å². The van der Waals surface area contributed by atoms with E-state index in [4.69, 9.17) is 5.41 Å².